The van der Waals surface area contributed by atoms with E-state index in [0.29, 0.717) is 49.7 Å². The van der Waals surface area contributed by atoms with Crippen LogP contribution in [0.2, 0.25) is 0 Å². The summed E-state index contributed by atoms with van der Waals surface area (Å²) in [5, 5.41) is 17.4. The maximum absolute atomic E-state index is 9.89. The van der Waals surface area contributed by atoms with Crippen LogP contribution >= 0.6 is 0 Å². The van der Waals surface area contributed by atoms with Crippen LogP contribution in [0, 0.1) is 13.8 Å². The van der Waals surface area contributed by atoms with Crippen molar-refractivity contribution in [3.05, 3.63) is 59.2 Å². The first-order chi connectivity index (χ1) is 15.1. The number of aromatic hydroxyl groups is 1. The van der Waals surface area contributed by atoms with Crippen molar-refractivity contribution in [3.8, 4) is 5.75 Å². The van der Waals surface area contributed by atoms with E-state index in [1.807, 2.05) is 19.9 Å². The average molecular weight is 419 g/mol. The number of ether oxygens (including phenoxy) is 1. The first kappa shape index (κ1) is 20.5. The second-order valence-corrected chi connectivity index (χ2v) is 7.25. The van der Waals surface area contributed by atoms with Crippen molar-refractivity contribution < 1.29 is 9.84 Å². The van der Waals surface area contributed by atoms with E-state index in [9.17, 15) is 5.11 Å². The molecule has 2 heterocycles. The lowest BCUT2D eigenvalue weighted by Crippen LogP contribution is -2.37. The third kappa shape index (κ3) is 5.26. The predicted molar refractivity (Wildman–Crippen MR) is 121 cm³/mol. The summed E-state index contributed by atoms with van der Waals surface area (Å²) >= 11 is 0. The molecule has 1 fully saturated rings. The van der Waals surface area contributed by atoms with Gasteiger partial charge in [-0.25, -0.2) is 5.43 Å². The van der Waals surface area contributed by atoms with E-state index in [4.69, 9.17) is 4.74 Å². The molecule has 0 radical (unpaired) electrons. The summed E-state index contributed by atoms with van der Waals surface area (Å²) in [4.78, 5) is 15.6. The molecule has 0 aliphatic carbocycles. The van der Waals surface area contributed by atoms with Crippen LogP contribution in [0.3, 0.4) is 0 Å². The Balaban J connectivity index is 1.61. The van der Waals surface area contributed by atoms with Gasteiger partial charge in [0.05, 0.1) is 19.4 Å². The van der Waals surface area contributed by atoms with Crippen LogP contribution < -0.4 is 15.6 Å². The van der Waals surface area contributed by atoms with Gasteiger partial charge in [-0.15, -0.1) is 0 Å². The van der Waals surface area contributed by atoms with Crippen molar-refractivity contribution in [3.63, 3.8) is 0 Å². The molecule has 31 heavy (non-hydrogen) atoms. The second-order valence-electron chi connectivity index (χ2n) is 7.25. The quantitative estimate of drug-likeness (QED) is 0.413. The number of hydrogen-bond acceptors (Lipinski definition) is 9. The summed E-state index contributed by atoms with van der Waals surface area (Å²) in [5.74, 6) is 1.42. The molecule has 160 valence electrons. The molecule has 0 saturated carbocycles. The van der Waals surface area contributed by atoms with Crippen LogP contribution in [0.25, 0.3) is 0 Å². The van der Waals surface area contributed by atoms with Gasteiger partial charge in [-0.3, -0.25) is 0 Å². The van der Waals surface area contributed by atoms with E-state index in [0.717, 1.165) is 16.8 Å². The maximum atomic E-state index is 9.89. The molecular formula is C22H25N7O2. The zero-order valence-electron chi connectivity index (χ0n) is 17.5. The van der Waals surface area contributed by atoms with Crippen molar-refractivity contribution in [1.29, 1.82) is 0 Å². The zero-order valence-corrected chi connectivity index (χ0v) is 17.5. The van der Waals surface area contributed by atoms with Gasteiger partial charge in [-0.2, -0.15) is 20.1 Å². The number of nitrogens with zero attached hydrogens (tertiary/aromatic N) is 5. The number of phenolic OH excluding ortho intramolecular Hbond substituents is 1. The lowest BCUT2D eigenvalue weighted by atomic mass is 10.1. The Morgan fingerprint density at radius 2 is 1.81 bits per heavy atom. The van der Waals surface area contributed by atoms with Gasteiger partial charge in [0, 0.05) is 24.3 Å². The van der Waals surface area contributed by atoms with Gasteiger partial charge < -0.3 is 20.1 Å². The molecule has 4 rings (SSSR count). The number of aromatic nitrogens is 3. The smallest absolute Gasteiger partial charge is 0.250 e. The normalized spacial score (nSPS) is 14.1. The van der Waals surface area contributed by atoms with Crippen LogP contribution in [-0.4, -0.2) is 52.6 Å². The zero-order chi connectivity index (χ0) is 21.6. The third-order valence-electron chi connectivity index (χ3n) is 4.86. The number of nitrogens with one attached hydrogen (secondary N) is 2. The summed E-state index contributed by atoms with van der Waals surface area (Å²) in [6, 6.07) is 13.1. The second kappa shape index (κ2) is 9.40. The molecule has 1 aromatic heterocycles. The van der Waals surface area contributed by atoms with Crippen LogP contribution in [0.1, 0.15) is 16.7 Å². The molecule has 1 aliphatic rings. The Labute approximate surface area is 180 Å². The maximum Gasteiger partial charge on any atom is 0.250 e. The monoisotopic (exact) mass is 419 g/mol. The summed E-state index contributed by atoms with van der Waals surface area (Å²) in [6.07, 6.45) is 1.52. The molecule has 0 amide bonds. The molecule has 3 N–H and O–H groups in total. The third-order valence-corrected chi connectivity index (χ3v) is 4.86. The van der Waals surface area contributed by atoms with Crippen molar-refractivity contribution in [2.24, 2.45) is 5.10 Å². The lowest BCUT2D eigenvalue weighted by Gasteiger charge is -2.27. The number of anilines is 4. The highest BCUT2D eigenvalue weighted by Crippen LogP contribution is 2.22. The van der Waals surface area contributed by atoms with Crippen LogP contribution in [0.4, 0.5) is 23.5 Å². The molecule has 0 unspecified atom stereocenters. The Hall–Kier alpha value is -3.72. The Kier molecular flexibility index (Phi) is 6.23. The first-order valence-corrected chi connectivity index (χ1v) is 10.1. The number of hydrogen-bond donors (Lipinski definition) is 3. The number of morpholine rings is 1. The molecule has 1 saturated heterocycles. The lowest BCUT2D eigenvalue weighted by molar-refractivity contribution is 0.122. The minimum absolute atomic E-state index is 0.148. The highest BCUT2D eigenvalue weighted by atomic mass is 16.5. The molecule has 3 aromatic rings. The number of rotatable bonds is 6. The van der Waals surface area contributed by atoms with Crippen molar-refractivity contribution >= 4 is 29.7 Å². The van der Waals surface area contributed by atoms with E-state index in [1.165, 1.54) is 6.21 Å². The Morgan fingerprint density at radius 3 is 2.61 bits per heavy atom. The summed E-state index contributed by atoms with van der Waals surface area (Å²) in [5.41, 5.74) is 6.60. The Bertz CT molecular complexity index is 1080. The minimum Gasteiger partial charge on any atom is -0.507 e. The molecule has 0 atom stereocenters. The van der Waals surface area contributed by atoms with Gasteiger partial charge in [0.25, 0.3) is 0 Å². The number of aryl methyl sites for hydroxylation is 2. The Morgan fingerprint density at radius 1 is 1.03 bits per heavy atom. The van der Waals surface area contributed by atoms with Crippen LogP contribution in [0.5, 0.6) is 5.75 Å². The minimum atomic E-state index is 0.148. The van der Waals surface area contributed by atoms with E-state index in [2.05, 4.69) is 53.9 Å². The van der Waals surface area contributed by atoms with Crippen molar-refractivity contribution in [1.82, 2.24) is 15.0 Å². The van der Waals surface area contributed by atoms with Gasteiger partial charge >= 0.3 is 0 Å². The molecule has 0 bridgehead atoms. The molecular weight excluding hydrogens is 394 g/mol. The fourth-order valence-corrected chi connectivity index (χ4v) is 3.12. The van der Waals surface area contributed by atoms with Crippen molar-refractivity contribution in [2.45, 2.75) is 13.8 Å². The van der Waals surface area contributed by atoms with Gasteiger partial charge in [-0.05, 0) is 43.2 Å². The first-order valence-electron chi connectivity index (χ1n) is 10.1. The molecule has 9 nitrogen and oxygen atoms in total. The SMILES string of the molecule is Cc1ccc(C)c(Nc2nc(N/N=C/c3ccccc3O)nc(N3CCOCC3)n2)c1. The fraction of sp³-hybridized carbons (Fsp3) is 0.273. The van der Waals surface area contributed by atoms with Gasteiger partial charge in [0.1, 0.15) is 5.75 Å². The fourth-order valence-electron chi connectivity index (χ4n) is 3.12. The summed E-state index contributed by atoms with van der Waals surface area (Å²) in [7, 11) is 0. The highest BCUT2D eigenvalue weighted by molar-refractivity contribution is 5.83. The average Bonchev–Trinajstić information content (AvgIpc) is 2.78. The predicted octanol–water partition coefficient (Wildman–Crippen LogP) is 3.22. The highest BCUT2D eigenvalue weighted by Gasteiger charge is 2.17. The van der Waals surface area contributed by atoms with Crippen LogP contribution in [0.15, 0.2) is 47.6 Å². The summed E-state index contributed by atoms with van der Waals surface area (Å²) < 4.78 is 5.44. The van der Waals surface area contributed by atoms with E-state index < -0.39 is 0 Å². The topological polar surface area (TPSA) is 108 Å². The summed E-state index contributed by atoms with van der Waals surface area (Å²) in [6.45, 7) is 6.72. The van der Waals surface area contributed by atoms with Gasteiger partial charge in [0.15, 0.2) is 0 Å². The van der Waals surface area contributed by atoms with Gasteiger partial charge in [0.2, 0.25) is 17.8 Å². The van der Waals surface area contributed by atoms with Crippen LogP contribution in [-0.2, 0) is 4.74 Å². The van der Waals surface area contributed by atoms with E-state index in [1.54, 1.807) is 18.2 Å². The largest absolute Gasteiger partial charge is 0.507 e. The van der Waals surface area contributed by atoms with Gasteiger partial charge in [-0.1, -0.05) is 24.3 Å². The van der Waals surface area contributed by atoms with E-state index >= 15 is 0 Å². The number of phenols is 1. The molecule has 2 aromatic carbocycles. The number of hydrazone groups is 1. The molecule has 9 heteroatoms. The standard InChI is InChI=1S/C22H25N7O2/c1-15-7-8-16(2)18(13-15)24-20-25-21(27-22(26-20)29-9-11-31-12-10-29)28-23-14-17-5-3-4-6-19(17)30/h3-8,13-14,30H,9-12H2,1-2H3,(H2,24,25,26,27,28)/b23-14+. The molecule has 0 spiro atoms. The number of benzene rings is 2. The van der Waals surface area contributed by atoms with E-state index in [-0.39, 0.29) is 5.75 Å². The number of para-hydroxylation sites is 1. The van der Waals surface area contributed by atoms with Crippen molar-refractivity contribution in [2.75, 3.05) is 41.9 Å². The molecule has 1 aliphatic heterocycles.